The first kappa shape index (κ1) is 9.48. The van der Waals surface area contributed by atoms with Crippen molar-refractivity contribution >= 4 is 5.97 Å². The van der Waals surface area contributed by atoms with Gasteiger partial charge in [0.15, 0.2) is 0 Å². The van der Waals surface area contributed by atoms with Crippen LogP contribution in [0.15, 0.2) is 0 Å². The number of aliphatic hydroxyl groups excluding tert-OH is 1. The van der Waals surface area contributed by atoms with Gasteiger partial charge < -0.3 is 14.9 Å². The van der Waals surface area contributed by atoms with Crippen molar-refractivity contribution in [3.8, 4) is 0 Å². The van der Waals surface area contributed by atoms with Gasteiger partial charge in [-0.3, -0.25) is 4.79 Å². The molecule has 0 radical (unpaired) electrons. The first-order chi connectivity index (χ1) is 5.68. The minimum absolute atomic E-state index is 0.00313. The van der Waals surface area contributed by atoms with Crippen molar-refractivity contribution in [2.75, 3.05) is 19.8 Å². The number of carboxylic acid groups (broad SMARTS) is 1. The van der Waals surface area contributed by atoms with Crippen molar-refractivity contribution in [1.82, 2.24) is 0 Å². The topological polar surface area (TPSA) is 66.8 Å². The minimum Gasteiger partial charge on any atom is -0.481 e. The monoisotopic (exact) mass is 174 g/mol. The summed E-state index contributed by atoms with van der Waals surface area (Å²) in [5.74, 6) is -0.764. The van der Waals surface area contributed by atoms with Gasteiger partial charge in [0.1, 0.15) is 0 Å². The third-order valence-corrected chi connectivity index (χ3v) is 2.13. The van der Waals surface area contributed by atoms with Crippen molar-refractivity contribution in [1.29, 1.82) is 0 Å². The van der Waals surface area contributed by atoms with Gasteiger partial charge in [0.25, 0.3) is 0 Å². The molecular weight excluding hydrogens is 160 g/mol. The van der Waals surface area contributed by atoms with Gasteiger partial charge in [0.05, 0.1) is 26.2 Å². The fourth-order valence-corrected chi connectivity index (χ4v) is 1.22. The molecule has 0 aromatic heterocycles. The molecule has 0 saturated heterocycles. The molecule has 0 bridgehead atoms. The molecule has 1 aliphatic rings. The molecule has 1 saturated carbocycles. The molecule has 12 heavy (non-hydrogen) atoms. The number of aliphatic carboxylic acids is 1. The van der Waals surface area contributed by atoms with Crippen LogP contribution in [0.3, 0.4) is 0 Å². The van der Waals surface area contributed by atoms with Crippen LogP contribution in [0.25, 0.3) is 0 Å². The van der Waals surface area contributed by atoms with Crippen LogP contribution in [0.1, 0.15) is 19.3 Å². The molecule has 0 aromatic carbocycles. The van der Waals surface area contributed by atoms with Crippen LogP contribution in [0.2, 0.25) is 0 Å². The molecule has 0 heterocycles. The van der Waals surface area contributed by atoms with E-state index in [-0.39, 0.29) is 18.4 Å². The number of rotatable bonds is 6. The van der Waals surface area contributed by atoms with Crippen LogP contribution in [0, 0.1) is 5.41 Å². The molecule has 70 valence electrons. The molecule has 4 heteroatoms. The summed E-state index contributed by atoms with van der Waals surface area (Å²) in [4.78, 5) is 10.4. The van der Waals surface area contributed by atoms with E-state index in [2.05, 4.69) is 0 Å². The van der Waals surface area contributed by atoms with Crippen LogP contribution in [-0.2, 0) is 9.53 Å². The highest BCUT2D eigenvalue weighted by molar-refractivity contribution is 5.68. The van der Waals surface area contributed by atoms with Crippen LogP contribution < -0.4 is 0 Å². The zero-order valence-corrected chi connectivity index (χ0v) is 6.95. The predicted molar refractivity (Wildman–Crippen MR) is 41.8 cm³/mol. The van der Waals surface area contributed by atoms with Crippen LogP contribution >= 0.6 is 0 Å². The minimum atomic E-state index is -0.764. The summed E-state index contributed by atoms with van der Waals surface area (Å²) >= 11 is 0. The van der Waals surface area contributed by atoms with Crippen molar-refractivity contribution < 1.29 is 19.7 Å². The van der Waals surface area contributed by atoms with Gasteiger partial charge >= 0.3 is 5.97 Å². The van der Waals surface area contributed by atoms with Crippen LogP contribution in [-0.4, -0.2) is 36.0 Å². The Morgan fingerprint density at radius 1 is 1.50 bits per heavy atom. The van der Waals surface area contributed by atoms with Gasteiger partial charge in [0.2, 0.25) is 0 Å². The van der Waals surface area contributed by atoms with Crippen LogP contribution in [0.4, 0.5) is 0 Å². The van der Waals surface area contributed by atoms with E-state index in [4.69, 9.17) is 14.9 Å². The molecule has 0 spiro atoms. The lowest BCUT2D eigenvalue weighted by Crippen LogP contribution is -2.16. The average molecular weight is 174 g/mol. The summed E-state index contributed by atoms with van der Waals surface area (Å²) in [7, 11) is 0. The van der Waals surface area contributed by atoms with Gasteiger partial charge in [-0.1, -0.05) is 0 Å². The van der Waals surface area contributed by atoms with Crippen molar-refractivity contribution in [2.45, 2.75) is 19.3 Å². The first-order valence-electron chi connectivity index (χ1n) is 4.09. The van der Waals surface area contributed by atoms with E-state index in [0.717, 1.165) is 12.8 Å². The standard InChI is InChI=1S/C8H14O4/c9-3-4-12-6-8(1-2-8)5-7(10)11/h9H,1-6H2,(H,10,11). The lowest BCUT2D eigenvalue weighted by atomic mass is 10.0. The normalized spacial score (nSPS) is 19.1. The number of carbonyl (C=O) groups is 1. The second-order valence-corrected chi connectivity index (χ2v) is 3.35. The number of aliphatic hydroxyl groups is 1. The predicted octanol–water partition coefficient (Wildman–Crippen LogP) is 0.250. The number of hydrogen-bond donors (Lipinski definition) is 2. The van der Waals surface area contributed by atoms with Crippen LogP contribution in [0.5, 0.6) is 0 Å². The van der Waals surface area contributed by atoms with E-state index >= 15 is 0 Å². The summed E-state index contributed by atoms with van der Waals surface area (Å²) in [6, 6.07) is 0. The van der Waals surface area contributed by atoms with Gasteiger partial charge in [-0.25, -0.2) is 0 Å². The third-order valence-electron chi connectivity index (χ3n) is 2.13. The summed E-state index contributed by atoms with van der Waals surface area (Å²) in [6.07, 6.45) is 2.06. The van der Waals surface area contributed by atoms with Crippen molar-refractivity contribution in [3.63, 3.8) is 0 Å². The Labute approximate surface area is 71.2 Å². The first-order valence-corrected chi connectivity index (χ1v) is 4.09. The Kier molecular flexibility index (Phi) is 3.05. The highest BCUT2D eigenvalue weighted by Gasteiger charge is 2.44. The van der Waals surface area contributed by atoms with E-state index in [0.29, 0.717) is 13.2 Å². The summed E-state index contributed by atoms with van der Waals surface area (Å²) < 4.78 is 5.10. The molecule has 0 unspecified atom stereocenters. The van der Waals surface area contributed by atoms with Gasteiger partial charge in [-0.05, 0) is 12.8 Å². The zero-order valence-electron chi connectivity index (χ0n) is 6.95. The number of hydrogen-bond acceptors (Lipinski definition) is 3. The summed E-state index contributed by atoms with van der Waals surface area (Å²) in [6.45, 7) is 0.782. The molecule has 1 aliphatic carbocycles. The molecule has 1 rings (SSSR count). The maximum atomic E-state index is 10.4. The average Bonchev–Trinajstić information content (AvgIpc) is 2.69. The zero-order chi connectivity index (χ0) is 9.03. The van der Waals surface area contributed by atoms with E-state index in [1.165, 1.54) is 0 Å². The van der Waals surface area contributed by atoms with Gasteiger partial charge in [0, 0.05) is 5.41 Å². The quantitative estimate of drug-likeness (QED) is 0.566. The summed E-state index contributed by atoms with van der Waals surface area (Å²) in [5, 5.41) is 17.0. The van der Waals surface area contributed by atoms with E-state index in [1.54, 1.807) is 0 Å². The fraction of sp³-hybridized carbons (Fsp3) is 0.875. The molecule has 2 N–H and O–H groups in total. The maximum Gasteiger partial charge on any atom is 0.303 e. The molecule has 1 fully saturated rings. The Hall–Kier alpha value is -0.610. The van der Waals surface area contributed by atoms with Crippen molar-refractivity contribution in [2.24, 2.45) is 5.41 Å². The van der Waals surface area contributed by atoms with Gasteiger partial charge in [-0.2, -0.15) is 0 Å². The van der Waals surface area contributed by atoms with Crippen molar-refractivity contribution in [3.05, 3.63) is 0 Å². The highest BCUT2D eigenvalue weighted by Crippen LogP contribution is 2.48. The molecule has 0 amide bonds. The van der Waals surface area contributed by atoms with E-state index in [9.17, 15) is 4.79 Å². The molecular formula is C8H14O4. The van der Waals surface area contributed by atoms with E-state index < -0.39 is 5.97 Å². The number of ether oxygens (including phenoxy) is 1. The SMILES string of the molecule is O=C(O)CC1(COCCO)CC1. The molecule has 0 aliphatic heterocycles. The Morgan fingerprint density at radius 2 is 2.17 bits per heavy atom. The lowest BCUT2D eigenvalue weighted by molar-refractivity contribution is -0.139. The molecule has 0 aromatic rings. The third kappa shape index (κ3) is 2.79. The molecule has 4 nitrogen and oxygen atoms in total. The maximum absolute atomic E-state index is 10.4. The van der Waals surface area contributed by atoms with Gasteiger partial charge in [-0.15, -0.1) is 0 Å². The highest BCUT2D eigenvalue weighted by atomic mass is 16.5. The lowest BCUT2D eigenvalue weighted by Gasteiger charge is -2.11. The largest absolute Gasteiger partial charge is 0.481 e. The smallest absolute Gasteiger partial charge is 0.303 e. The Morgan fingerprint density at radius 3 is 2.58 bits per heavy atom. The Balaban J connectivity index is 2.16. The fourth-order valence-electron chi connectivity index (χ4n) is 1.22. The molecule has 0 atom stereocenters. The second kappa shape index (κ2) is 3.87. The second-order valence-electron chi connectivity index (χ2n) is 3.35. The Bertz CT molecular complexity index is 162. The number of carboxylic acids is 1. The summed E-state index contributed by atoms with van der Waals surface area (Å²) in [5.41, 5.74) is -0.110. The van der Waals surface area contributed by atoms with E-state index in [1.807, 2.05) is 0 Å².